The molecular weight excluding hydrogens is 222 g/mol. The molecule has 5 heteroatoms. The molecular formula is C12H15NO4. The number of benzene rings is 1. The minimum atomic E-state index is -1.27. The van der Waals surface area contributed by atoms with Gasteiger partial charge in [0.2, 0.25) is 0 Å². The number of aliphatic carboxylic acids is 1. The van der Waals surface area contributed by atoms with Crippen LogP contribution in [0.5, 0.6) is 0 Å². The standard InChI is InChI=1S/C12H15NO4/c1-7-3-8(2)5-9(4-7)11(15)13-10(6-14)12(16)17/h3-5,10,14H,6H2,1-2H3,(H,13,15)(H,16,17). The first kappa shape index (κ1) is 13.2. The molecule has 1 rings (SSSR count). The normalized spacial score (nSPS) is 11.9. The smallest absolute Gasteiger partial charge is 0.328 e. The first-order valence-electron chi connectivity index (χ1n) is 5.17. The van der Waals surface area contributed by atoms with Crippen LogP contribution < -0.4 is 5.32 Å². The number of carboxylic acids is 1. The van der Waals surface area contributed by atoms with E-state index in [2.05, 4.69) is 5.32 Å². The molecule has 0 aromatic heterocycles. The molecule has 3 N–H and O–H groups in total. The summed E-state index contributed by atoms with van der Waals surface area (Å²) in [6.45, 7) is 3.07. The number of carboxylic acid groups (broad SMARTS) is 1. The largest absolute Gasteiger partial charge is 0.480 e. The molecule has 0 bridgehead atoms. The van der Waals surface area contributed by atoms with Gasteiger partial charge in [-0.3, -0.25) is 4.79 Å². The Kier molecular flexibility index (Phi) is 4.23. The van der Waals surface area contributed by atoms with Crippen molar-refractivity contribution in [1.29, 1.82) is 0 Å². The van der Waals surface area contributed by atoms with E-state index in [0.717, 1.165) is 11.1 Å². The second-order valence-electron chi connectivity index (χ2n) is 3.92. The van der Waals surface area contributed by atoms with Gasteiger partial charge >= 0.3 is 5.97 Å². The Labute approximate surface area is 99.1 Å². The zero-order valence-electron chi connectivity index (χ0n) is 9.73. The van der Waals surface area contributed by atoms with Crippen LogP contribution in [0.4, 0.5) is 0 Å². The number of aliphatic hydroxyl groups is 1. The van der Waals surface area contributed by atoms with E-state index in [9.17, 15) is 9.59 Å². The Balaban J connectivity index is 2.86. The lowest BCUT2D eigenvalue weighted by molar-refractivity contribution is -0.140. The zero-order valence-corrected chi connectivity index (χ0v) is 9.73. The van der Waals surface area contributed by atoms with Gasteiger partial charge in [-0.25, -0.2) is 4.79 Å². The molecule has 1 amide bonds. The van der Waals surface area contributed by atoms with Crippen LogP contribution in [-0.2, 0) is 4.79 Å². The summed E-state index contributed by atoms with van der Waals surface area (Å²) in [5, 5.41) is 19.8. The third-order valence-electron chi connectivity index (χ3n) is 2.27. The highest BCUT2D eigenvalue weighted by Gasteiger charge is 2.19. The van der Waals surface area contributed by atoms with Crippen molar-refractivity contribution in [1.82, 2.24) is 5.32 Å². The SMILES string of the molecule is Cc1cc(C)cc(C(=O)NC(CO)C(=O)O)c1. The Hall–Kier alpha value is -1.88. The maximum Gasteiger partial charge on any atom is 0.328 e. The Morgan fingerprint density at radius 1 is 1.24 bits per heavy atom. The van der Waals surface area contributed by atoms with E-state index in [1.165, 1.54) is 0 Å². The number of carbonyl (C=O) groups is 2. The monoisotopic (exact) mass is 237 g/mol. The number of aliphatic hydroxyl groups excluding tert-OH is 1. The van der Waals surface area contributed by atoms with Gasteiger partial charge in [0.15, 0.2) is 6.04 Å². The number of carbonyl (C=O) groups excluding carboxylic acids is 1. The van der Waals surface area contributed by atoms with E-state index >= 15 is 0 Å². The lowest BCUT2D eigenvalue weighted by Crippen LogP contribution is -2.43. The molecule has 0 aliphatic carbocycles. The number of rotatable bonds is 4. The zero-order chi connectivity index (χ0) is 13.0. The van der Waals surface area contributed by atoms with E-state index in [1.807, 2.05) is 19.9 Å². The maximum absolute atomic E-state index is 11.7. The van der Waals surface area contributed by atoms with Crippen molar-refractivity contribution in [3.05, 3.63) is 34.9 Å². The lowest BCUT2D eigenvalue weighted by atomic mass is 10.1. The molecule has 92 valence electrons. The fourth-order valence-electron chi connectivity index (χ4n) is 1.53. The third-order valence-corrected chi connectivity index (χ3v) is 2.27. The molecule has 1 aromatic carbocycles. The van der Waals surface area contributed by atoms with Crippen LogP contribution in [0.25, 0.3) is 0 Å². The summed E-state index contributed by atoms with van der Waals surface area (Å²) < 4.78 is 0. The van der Waals surface area contributed by atoms with Crippen LogP contribution in [0.2, 0.25) is 0 Å². The van der Waals surface area contributed by atoms with Crippen LogP contribution in [0.15, 0.2) is 18.2 Å². The lowest BCUT2D eigenvalue weighted by Gasteiger charge is -2.12. The number of hydrogen-bond acceptors (Lipinski definition) is 3. The van der Waals surface area contributed by atoms with E-state index in [-0.39, 0.29) is 0 Å². The average Bonchev–Trinajstić information content (AvgIpc) is 2.23. The van der Waals surface area contributed by atoms with E-state index in [0.29, 0.717) is 5.56 Å². The second kappa shape index (κ2) is 5.45. The highest BCUT2D eigenvalue weighted by Crippen LogP contribution is 2.08. The topological polar surface area (TPSA) is 86.6 Å². The summed E-state index contributed by atoms with van der Waals surface area (Å²) in [6.07, 6.45) is 0. The van der Waals surface area contributed by atoms with Crippen LogP contribution in [-0.4, -0.2) is 34.7 Å². The van der Waals surface area contributed by atoms with Gasteiger partial charge in [0.25, 0.3) is 5.91 Å². The molecule has 1 aromatic rings. The summed E-state index contributed by atoms with van der Waals surface area (Å²) in [4.78, 5) is 22.4. The van der Waals surface area contributed by atoms with Crippen molar-refractivity contribution in [3.8, 4) is 0 Å². The first-order chi connectivity index (χ1) is 7.93. The van der Waals surface area contributed by atoms with Gasteiger partial charge < -0.3 is 15.5 Å². The van der Waals surface area contributed by atoms with Crippen molar-refractivity contribution in [2.45, 2.75) is 19.9 Å². The van der Waals surface area contributed by atoms with Crippen LogP contribution in [0.3, 0.4) is 0 Å². The van der Waals surface area contributed by atoms with Crippen LogP contribution in [0.1, 0.15) is 21.5 Å². The van der Waals surface area contributed by atoms with Gasteiger partial charge in [0, 0.05) is 5.56 Å². The molecule has 0 heterocycles. The highest BCUT2D eigenvalue weighted by atomic mass is 16.4. The van der Waals surface area contributed by atoms with Gasteiger partial charge in [-0.2, -0.15) is 0 Å². The summed E-state index contributed by atoms with van der Waals surface area (Å²) >= 11 is 0. The van der Waals surface area contributed by atoms with Crippen molar-refractivity contribution < 1.29 is 19.8 Å². The highest BCUT2D eigenvalue weighted by molar-refractivity contribution is 5.96. The molecule has 0 aliphatic rings. The molecule has 0 saturated heterocycles. The first-order valence-corrected chi connectivity index (χ1v) is 5.17. The third kappa shape index (κ3) is 3.57. The van der Waals surface area contributed by atoms with Crippen molar-refractivity contribution >= 4 is 11.9 Å². The molecule has 1 atom stereocenters. The number of hydrogen-bond donors (Lipinski definition) is 3. The average molecular weight is 237 g/mol. The molecule has 0 saturated carbocycles. The summed E-state index contributed by atoms with van der Waals surface area (Å²) in [5.41, 5.74) is 2.24. The van der Waals surface area contributed by atoms with Gasteiger partial charge in [0.05, 0.1) is 6.61 Å². The van der Waals surface area contributed by atoms with E-state index < -0.39 is 24.5 Å². The molecule has 5 nitrogen and oxygen atoms in total. The number of nitrogens with one attached hydrogen (secondary N) is 1. The van der Waals surface area contributed by atoms with Gasteiger partial charge in [-0.15, -0.1) is 0 Å². The fourth-order valence-corrected chi connectivity index (χ4v) is 1.53. The number of aryl methyl sites for hydroxylation is 2. The van der Waals surface area contributed by atoms with Crippen molar-refractivity contribution in [2.24, 2.45) is 0 Å². The van der Waals surface area contributed by atoms with Crippen molar-refractivity contribution in [3.63, 3.8) is 0 Å². The quantitative estimate of drug-likeness (QED) is 0.710. The minimum Gasteiger partial charge on any atom is -0.480 e. The summed E-state index contributed by atoms with van der Waals surface area (Å²) in [5.74, 6) is -1.76. The van der Waals surface area contributed by atoms with Crippen molar-refractivity contribution in [2.75, 3.05) is 6.61 Å². The van der Waals surface area contributed by atoms with Crippen LogP contribution in [0, 0.1) is 13.8 Å². The van der Waals surface area contributed by atoms with Gasteiger partial charge in [-0.05, 0) is 26.0 Å². The summed E-state index contributed by atoms with van der Waals surface area (Å²) in [6, 6.07) is 3.97. The molecule has 1 unspecified atom stereocenters. The predicted octanol–water partition coefficient (Wildman–Crippen LogP) is 0.479. The van der Waals surface area contributed by atoms with Crippen LogP contribution >= 0.6 is 0 Å². The Morgan fingerprint density at radius 3 is 2.18 bits per heavy atom. The molecule has 17 heavy (non-hydrogen) atoms. The molecule has 0 aliphatic heterocycles. The number of amides is 1. The molecule has 0 radical (unpaired) electrons. The van der Waals surface area contributed by atoms with Gasteiger partial charge in [0.1, 0.15) is 0 Å². The summed E-state index contributed by atoms with van der Waals surface area (Å²) in [7, 11) is 0. The predicted molar refractivity (Wildman–Crippen MR) is 61.9 cm³/mol. The minimum absolute atomic E-state index is 0.391. The maximum atomic E-state index is 11.7. The Morgan fingerprint density at radius 2 is 1.76 bits per heavy atom. The second-order valence-corrected chi connectivity index (χ2v) is 3.92. The van der Waals surface area contributed by atoms with Gasteiger partial charge in [-0.1, -0.05) is 17.2 Å². The van der Waals surface area contributed by atoms with E-state index in [1.54, 1.807) is 12.1 Å². The fraction of sp³-hybridized carbons (Fsp3) is 0.333. The van der Waals surface area contributed by atoms with E-state index in [4.69, 9.17) is 10.2 Å². The molecule has 0 fully saturated rings. The molecule has 0 spiro atoms. The Bertz CT molecular complexity index is 422.